The molecule has 0 bridgehead atoms. The molecular formula is C53H87N5O11. The summed E-state index contributed by atoms with van der Waals surface area (Å²) in [7, 11) is 7.62. The molecule has 0 aromatic heterocycles. The van der Waals surface area contributed by atoms with Gasteiger partial charge in [0.25, 0.3) is 0 Å². The van der Waals surface area contributed by atoms with Crippen molar-refractivity contribution in [2.45, 2.75) is 215 Å². The van der Waals surface area contributed by atoms with E-state index < -0.39 is 59.4 Å². The zero-order chi connectivity index (χ0) is 49.5. The number of methoxy groups -OCH3 is 2. The van der Waals surface area contributed by atoms with Gasteiger partial charge in [0.05, 0.1) is 36.8 Å². The number of nitrogens with zero attached hydrogens (tertiary/aromatic N) is 2. The van der Waals surface area contributed by atoms with Crippen LogP contribution in [0.5, 0.6) is 0 Å². The fourth-order valence-electron chi connectivity index (χ4n) is 13.5. The summed E-state index contributed by atoms with van der Waals surface area (Å²) in [4.78, 5) is 46.7. The van der Waals surface area contributed by atoms with Gasteiger partial charge in [-0.25, -0.2) is 9.59 Å². The number of alkyl carbamates (subject to hydrolysis) is 2. The molecular weight excluding hydrogens is 883 g/mol. The van der Waals surface area contributed by atoms with E-state index >= 15 is 0 Å². The van der Waals surface area contributed by atoms with Gasteiger partial charge in [-0.1, -0.05) is 30.2 Å². The van der Waals surface area contributed by atoms with E-state index in [2.05, 4.69) is 93.5 Å². The van der Waals surface area contributed by atoms with Gasteiger partial charge in [-0.15, -0.1) is 0 Å². The number of carbonyl (C=O) groups is 3. The lowest BCUT2D eigenvalue weighted by molar-refractivity contribution is -0.126. The van der Waals surface area contributed by atoms with Gasteiger partial charge in [-0.05, 0) is 158 Å². The fourth-order valence-corrected chi connectivity index (χ4v) is 13.5. The quantitative estimate of drug-likeness (QED) is 0.0846. The number of carbonyl (C=O) groups excluding carboxylic acids is 3. The highest BCUT2D eigenvalue weighted by Gasteiger charge is 2.76. The molecule has 6 heterocycles. The van der Waals surface area contributed by atoms with Crippen LogP contribution in [0, 0.1) is 17.8 Å². The number of rotatable bonds is 21. The summed E-state index contributed by atoms with van der Waals surface area (Å²) in [5, 5.41) is 9.25. The standard InChI is InChI=1S/C53H87N5O11/c1-32(2)16-18-39-50(6,67-39)45-43(62-10)37(20-24-52(45)31-64-52)66-49(61)56-42(47(59)54-26-22-35-14-12-28-57(35)8)34(5)30-41-53(69-41)25-21-38(65-48(60)55-27-23-36-15-13-29-58(36)9)44(63-11)46(53)51(7)40(68-51)19-17-33(3)4/h16-17,34-46H,12-15,18-31H2,1-11H3,(H,54,59)(H,55,60)(H,56,61)/t34?,35?,36?,37-,38-,39-,40-,41-,42-,43-,44-,45-,46-,50+,51+,52+,53+/m1/s1. The average molecular weight is 970 g/mol. The normalized spacial score (nSPS) is 40.9. The molecule has 0 aromatic rings. The molecule has 390 valence electrons. The molecule has 2 saturated carbocycles. The number of nitrogens with one attached hydrogen (secondary N) is 3. The summed E-state index contributed by atoms with van der Waals surface area (Å²) < 4.78 is 51.1. The second-order valence-electron chi connectivity index (χ2n) is 23.0. The summed E-state index contributed by atoms with van der Waals surface area (Å²) >= 11 is 0. The molecule has 8 rings (SSSR count). The highest BCUT2D eigenvalue weighted by atomic mass is 16.7. The number of epoxide rings is 4. The van der Waals surface area contributed by atoms with Crippen molar-refractivity contribution in [2.24, 2.45) is 17.8 Å². The Morgan fingerprint density at radius 3 is 1.75 bits per heavy atom. The highest BCUT2D eigenvalue weighted by molar-refractivity contribution is 5.86. The van der Waals surface area contributed by atoms with Crippen molar-refractivity contribution >= 4 is 18.1 Å². The van der Waals surface area contributed by atoms with Crippen molar-refractivity contribution < 1.29 is 52.3 Å². The summed E-state index contributed by atoms with van der Waals surface area (Å²) in [5.41, 5.74) is 0.361. The minimum absolute atomic E-state index is 0.0199. The second kappa shape index (κ2) is 21.3. The first-order valence-electron chi connectivity index (χ1n) is 26.5. The Morgan fingerprint density at radius 2 is 1.23 bits per heavy atom. The highest BCUT2D eigenvalue weighted by Crippen LogP contribution is 2.64. The fraction of sp³-hybridized carbons (Fsp3) is 0.868. The Hall–Kier alpha value is -2.83. The maximum Gasteiger partial charge on any atom is 0.408 e. The van der Waals surface area contributed by atoms with Crippen LogP contribution in [0.4, 0.5) is 9.59 Å². The lowest BCUT2D eigenvalue weighted by Gasteiger charge is -2.43. The molecule has 17 atom stereocenters. The molecule has 3 N–H and O–H groups in total. The molecule has 16 nitrogen and oxygen atoms in total. The molecule has 16 heteroatoms. The molecule has 3 unspecified atom stereocenters. The Morgan fingerprint density at radius 1 is 0.710 bits per heavy atom. The molecule has 2 spiro atoms. The van der Waals surface area contributed by atoms with Crippen LogP contribution in [-0.2, 0) is 42.7 Å². The van der Waals surface area contributed by atoms with E-state index in [-0.39, 0.29) is 47.6 Å². The number of ether oxygens (including phenoxy) is 8. The van der Waals surface area contributed by atoms with E-state index in [1.807, 2.05) is 6.92 Å². The van der Waals surface area contributed by atoms with Crippen molar-refractivity contribution in [3.8, 4) is 0 Å². The Labute approximate surface area is 412 Å². The molecule has 3 amide bonds. The third-order valence-corrected chi connectivity index (χ3v) is 17.8. The zero-order valence-corrected chi connectivity index (χ0v) is 43.8. The van der Waals surface area contributed by atoms with E-state index in [4.69, 9.17) is 37.9 Å². The van der Waals surface area contributed by atoms with Gasteiger partial charge in [0.1, 0.15) is 52.9 Å². The van der Waals surface area contributed by atoms with Crippen molar-refractivity contribution in [3.05, 3.63) is 23.3 Å². The SMILES string of the molecule is CO[C@@H]1[C@H](OC(=O)N[C@@H](C(=O)NCCC2CCCN2C)C(C)C[C@H]2O[C@@]23CC[C@@H](OC(=O)NCCC2CCCN2C)[C@@H](OC)[C@@H]3[C@@]2(C)O[C@@H]2CC=C(C)C)CC[C@]2(CO2)[C@H]1[C@@]1(C)O[C@@H]1CC=C(C)C. The topological polar surface area (TPSA) is 181 Å². The first-order valence-corrected chi connectivity index (χ1v) is 26.5. The number of amides is 3. The van der Waals surface area contributed by atoms with Gasteiger partial charge >= 0.3 is 12.2 Å². The first kappa shape index (κ1) is 52.5. The first-order chi connectivity index (χ1) is 32.9. The lowest BCUT2D eigenvalue weighted by Crippen LogP contribution is -2.57. The van der Waals surface area contributed by atoms with E-state index in [1.54, 1.807) is 14.2 Å². The van der Waals surface area contributed by atoms with Crippen molar-refractivity contribution in [2.75, 3.05) is 61.1 Å². The third-order valence-electron chi connectivity index (χ3n) is 17.8. The van der Waals surface area contributed by atoms with Crippen LogP contribution < -0.4 is 16.0 Å². The molecule has 0 radical (unpaired) electrons. The predicted molar refractivity (Wildman–Crippen MR) is 261 cm³/mol. The monoisotopic (exact) mass is 970 g/mol. The van der Waals surface area contributed by atoms with Crippen molar-refractivity contribution in [3.63, 3.8) is 0 Å². The van der Waals surface area contributed by atoms with Crippen LogP contribution in [0.2, 0.25) is 0 Å². The lowest BCUT2D eigenvalue weighted by atomic mass is 9.66. The minimum atomic E-state index is -0.904. The summed E-state index contributed by atoms with van der Waals surface area (Å²) in [5.74, 6) is -0.994. The summed E-state index contributed by atoms with van der Waals surface area (Å²) in [6.45, 7) is 18.4. The second-order valence-corrected chi connectivity index (χ2v) is 23.0. The molecule has 2 aliphatic carbocycles. The Balaban J connectivity index is 0.961. The van der Waals surface area contributed by atoms with Crippen molar-refractivity contribution in [1.29, 1.82) is 0 Å². The maximum atomic E-state index is 14.4. The van der Waals surface area contributed by atoms with Crippen molar-refractivity contribution in [1.82, 2.24) is 25.8 Å². The molecule has 6 aliphatic heterocycles. The van der Waals surface area contributed by atoms with Crippen LogP contribution >= 0.6 is 0 Å². The summed E-state index contributed by atoms with van der Waals surface area (Å²) in [6.07, 6.45) is 11.8. The van der Waals surface area contributed by atoms with Crippen LogP contribution in [0.15, 0.2) is 23.3 Å². The summed E-state index contributed by atoms with van der Waals surface area (Å²) in [6, 6.07) is -0.0330. The molecule has 8 aliphatic rings. The Bertz CT molecular complexity index is 1890. The van der Waals surface area contributed by atoms with Gasteiger partial charge in [-0.3, -0.25) is 4.79 Å². The molecule has 8 fully saturated rings. The Kier molecular flexibility index (Phi) is 16.2. The van der Waals surface area contributed by atoms with Crippen LogP contribution in [0.3, 0.4) is 0 Å². The predicted octanol–water partition coefficient (Wildman–Crippen LogP) is 6.44. The van der Waals surface area contributed by atoms with Crippen LogP contribution in [0.25, 0.3) is 0 Å². The van der Waals surface area contributed by atoms with Gasteiger partial charge in [0, 0.05) is 39.4 Å². The smallest absolute Gasteiger partial charge is 0.408 e. The molecule has 69 heavy (non-hydrogen) atoms. The number of hydrogen-bond donors (Lipinski definition) is 3. The number of likely N-dealkylation sites (tertiary alicyclic amines) is 2. The number of hydrogen-bond acceptors (Lipinski definition) is 13. The molecule has 0 aromatic carbocycles. The maximum absolute atomic E-state index is 14.4. The van der Waals surface area contributed by atoms with E-state index in [1.165, 1.54) is 17.6 Å². The van der Waals surface area contributed by atoms with Gasteiger partial charge < -0.3 is 63.6 Å². The van der Waals surface area contributed by atoms with E-state index in [0.29, 0.717) is 57.5 Å². The minimum Gasteiger partial charge on any atom is -0.443 e. The average Bonchev–Trinajstić information content (AvgIpc) is 4.28. The van der Waals surface area contributed by atoms with E-state index in [9.17, 15) is 14.4 Å². The number of allylic oxidation sites excluding steroid dienone is 2. The third kappa shape index (κ3) is 11.4. The van der Waals surface area contributed by atoms with Crippen LogP contribution in [0.1, 0.15) is 132 Å². The zero-order valence-electron chi connectivity index (χ0n) is 43.8. The van der Waals surface area contributed by atoms with Gasteiger partial charge in [-0.2, -0.15) is 0 Å². The van der Waals surface area contributed by atoms with Gasteiger partial charge in [0.2, 0.25) is 5.91 Å². The van der Waals surface area contributed by atoms with E-state index in [0.717, 1.165) is 64.5 Å². The molecule has 6 saturated heterocycles. The van der Waals surface area contributed by atoms with Crippen LogP contribution in [-0.4, -0.2) is 172 Å². The largest absolute Gasteiger partial charge is 0.443 e. The van der Waals surface area contributed by atoms with Gasteiger partial charge in [0.15, 0.2) is 0 Å².